The number of hydrogen-bond donors (Lipinski definition) is 0. The van der Waals surface area contributed by atoms with Crippen LogP contribution in [0.5, 0.6) is 0 Å². The van der Waals surface area contributed by atoms with E-state index in [0.717, 1.165) is 27.8 Å². The Morgan fingerprint density at radius 1 is 0.197 bits per heavy atom. The third-order valence-electron chi connectivity index (χ3n) is 26.4. The van der Waals surface area contributed by atoms with Crippen molar-refractivity contribution in [2.45, 2.75) is 127 Å². The molecule has 0 aliphatic heterocycles. The lowest BCUT2D eigenvalue weighted by molar-refractivity contribution is 0.659. The Labute approximate surface area is 757 Å². The number of rotatable bonds is 0. The highest BCUT2D eigenvalue weighted by molar-refractivity contribution is 6.10. The second-order valence-electron chi connectivity index (χ2n) is 36.3. The largest absolute Gasteiger partial charge is 0.344 e. The van der Waals surface area contributed by atoms with Crippen LogP contribution in [0.15, 0.2) is 376 Å². The molecule has 1 atom stereocenters. The monoisotopic (exact) mass is 1650 g/mol. The van der Waals surface area contributed by atoms with Crippen LogP contribution < -0.4 is 0 Å². The molecule has 0 saturated heterocycles. The zero-order valence-corrected chi connectivity index (χ0v) is 77.1. The van der Waals surface area contributed by atoms with E-state index in [-0.39, 0.29) is 10.8 Å². The molecular formula is C124H119N3. The van der Waals surface area contributed by atoms with Gasteiger partial charge in [-0.25, -0.2) is 0 Å². The highest BCUT2D eigenvalue weighted by atomic mass is 14.9. The van der Waals surface area contributed by atoms with Gasteiger partial charge in [0.05, 0.1) is 5.52 Å². The van der Waals surface area contributed by atoms with Crippen LogP contribution in [-0.2, 0) is 37.4 Å². The number of para-hydroxylation sites is 4. The van der Waals surface area contributed by atoms with Crippen molar-refractivity contribution in [1.82, 2.24) is 13.7 Å². The highest BCUT2D eigenvalue weighted by Gasteiger charge is 2.38. The molecular weight excluding hydrogens is 1530 g/mol. The lowest BCUT2D eigenvalue weighted by Crippen LogP contribution is -2.14. The molecule has 0 bridgehead atoms. The molecule has 21 aromatic rings. The Bertz CT molecular complexity index is 7720. The maximum atomic E-state index is 7.99. The van der Waals surface area contributed by atoms with Gasteiger partial charge in [-0.15, -0.1) is 0 Å². The van der Waals surface area contributed by atoms with Crippen LogP contribution in [0.25, 0.3) is 131 Å². The van der Waals surface area contributed by atoms with Gasteiger partial charge < -0.3 is 13.7 Å². The van der Waals surface area contributed by atoms with Gasteiger partial charge in [-0.05, 0) is 227 Å². The molecule has 3 nitrogen and oxygen atoms in total. The van der Waals surface area contributed by atoms with Gasteiger partial charge in [0.25, 0.3) is 0 Å². The van der Waals surface area contributed by atoms with Crippen molar-refractivity contribution < 1.29 is 4.11 Å². The first-order valence-corrected chi connectivity index (χ1v) is 44.7. The van der Waals surface area contributed by atoms with Crippen LogP contribution in [-0.4, -0.2) is 13.7 Å². The zero-order valence-electron chi connectivity index (χ0n) is 80.1. The van der Waals surface area contributed by atoms with Gasteiger partial charge in [0.1, 0.15) is 0 Å². The average Bonchev–Trinajstić information content (AvgIpc) is 1.52. The van der Waals surface area contributed by atoms with Gasteiger partial charge in [0, 0.05) is 101 Å². The van der Waals surface area contributed by atoms with Crippen LogP contribution >= 0.6 is 0 Å². The molecule has 0 spiro atoms. The lowest BCUT2D eigenvalue weighted by Gasteiger charge is -2.21. The second-order valence-corrected chi connectivity index (χ2v) is 36.3. The van der Waals surface area contributed by atoms with Crippen molar-refractivity contribution in [3.63, 3.8) is 0 Å². The molecule has 630 valence electrons. The number of hydrogen-bond acceptors (Lipinski definition) is 0. The first-order valence-electron chi connectivity index (χ1n) is 46.2. The molecule has 3 heteroatoms. The fourth-order valence-electron chi connectivity index (χ4n) is 19.5. The van der Waals surface area contributed by atoms with Crippen LogP contribution in [0.4, 0.5) is 0 Å². The van der Waals surface area contributed by atoms with Crippen molar-refractivity contribution in [1.29, 1.82) is 0 Å². The van der Waals surface area contributed by atoms with Gasteiger partial charge in [0.15, 0.2) is 0 Å². The van der Waals surface area contributed by atoms with Gasteiger partial charge in [-0.1, -0.05) is 415 Å². The summed E-state index contributed by atoms with van der Waals surface area (Å²) in [5, 5.41) is 16.1. The molecule has 18 aromatic carbocycles. The predicted molar refractivity (Wildman–Crippen MR) is 553 cm³/mol. The van der Waals surface area contributed by atoms with Crippen molar-refractivity contribution in [2.75, 3.05) is 0 Å². The van der Waals surface area contributed by atoms with Gasteiger partial charge >= 0.3 is 0 Å². The van der Waals surface area contributed by atoms with Crippen molar-refractivity contribution in [3.8, 4) is 33.4 Å². The fourth-order valence-corrected chi connectivity index (χ4v) is 19.5. The first-order chi connectivity index (χ1) is 62.4. The van der Waals surface area contributed by atoms with Gasteiger partial charge in [0.2, 0.25) is 0 Å². The molecule has 0 fully saturated rings. The Balaban J connectivity index is 0.000000107. The SMILES string of the molecule is Cc1ccc2c(c1)-c1ccccc1C2(C)C.Cc1ccc2c(c1)c1ccccc1n2C.Cc1ccc2c3ccccc3n(C)c2c1.Cc1ccc2cc(C)ccc2c1.Cc1ccc2ccccc2c1.Cc1cccc2c1-c1ccccc1C2(C)C.Cc1cccc2c3ccccc3n(C)c12.Cc1cccc2ccccc12.[2H]C([2H])([2H])C1(C)c2ccccc2-c2ccc(C)cc21. The van der Waals surface area contributed by atoms with Crippen LogP contribution in [0.3, 0.4) is 0 Å². The maximum absolute atomic E-state index is 7.99. The molecule has 3 heterocycles. The minimum absolute atomic E-state index is 0.151. The topological polar surface area (TPSA) is 14.8 Å². The Kier molecular flexibility index (Phi) is 23.7. The quantitative estimate of drug-likeness (QED) is 0.144. The summed E-state index contributed by atoms with van der Waals surface area (Å²) in [5.74, 6) is 0. The van der Waals surface area contributed by atoms with E-state index in [1.165, 1.54) is 192 Å². The molecule has 0 N–H and O–H groups in total. The van der Waals surface area contributed by atoms with E-state index < -0.39 is 12.3 Å². The van der Waals surface area contributed by atoms with E-state index >= 15 is 0 Å². The van der Waals surface area contributed by atoms with Gasteiger partial charge in [-0.2, -0.15) is 0 Å². The van der Waals surface area contributed by atoms with E-state index in [1.807, 2.05) is 56.3 Å². The van der Waals surface area contributed by atoms with E-state index in [0.29, 0.717) is 0 Å². The number of aromatic nitrogens is 3. The predicted octanol–water partition coefficient (Wildman–Crippen LogP) is 33.6. The van der Waals surface area contributed by atoms with E-state index in [2.05, 4.69) is 459 Å². The average molecular weight is 1650 g/mol. The zero-order chi connectivity index (χ0) is 91.7. The number of benzene rings is 18. The fraction of sp³-hybridized carbons (Fsp3) is 0.177. The maximum Gasteiger partial charge on any atom is 0.0518 e. The summed E-state index contributed by atoms with van der Waals surface area (Å²) in [6.45, 7) is 30.4. The number of fused-ring (bicyclic) bond motifs is 21. The molecule has 24 rings (SSSR count). The smallest absolute Gasteiger partial charge is 0.0518 e. The van der Waals surface area contributed by atoms with Crippen LogP contribution in [0.1, 0.15) is 135 Å². The minimum atomic E-state index is -2.05. The number of nitrogens with zero attached hydrogens (tertiary/aromatic N) is 3. The minimum Gasteiger partial charge on any atom is -0.344 e. The summed E-state index contributed by atoms with van der Waals surface area (Å²) >= 11 is 0. The molecule has 127 heavy (non-hydrogen) atoms. The van der Waals surface area contributed by atoms with Crippen molar-refractivity contribution >= 4 is 97.7 Å². The second kappa shape index (κ2) is 36.4. The Morgan fingerprint density at radius 2 is 0.551 bits per heavy atom. The summed E-state index contributed by atoms with van der Waals surface area (Å²) in [6.07, 6.45) is 0. The van der Waals surface area contributed by atoms with E-state index in [4.69, 9.17) is 4.11 Å². The third kappa shape index (κ3) is 17.5. The standard InChI is InChI=1S/3C16H16.3C14H13N.C12H12.2C11H10/c1-11-7-6-10-14-15(11)12-8-4-5-9-13(12)16(14,2)3;1-11-8-9-15-13(10-11)12-6-4-5-7-14(12)16(15,2)3;1-11-8-9-13-12-6-4-5-7-14(12)16(2,3)15(13)10-11;1-10-6-5-8-12-11-7-3-4-9-13(11)15(2)14(10)12;1-10-7-8-14-12(9-10)11-5-3-4-6-13(11)15(14)2;1-10-7-8-12-11-5-3-4-6-13(11)15(2)14(12)9-10;1-9-3-5-12-8-10(2)4-6-11(12)7-9;1-9-5-4-7-10-6-2-3-8-11(9)10;1-9-6-7-10-4-2-3-5-11(10)8-9/h3*4-10H,1-3H3;3*3-9H,1-2H3;3-8H,1-2H3;2*2-8H,1H3/i;;2D3;;;;;;. The Hall–Kier alpha value is -13.9. The molecule has 3 aliphatic rings. The molecule has 1 unspecified atom stereocenters. The lowest BCUT2D eigenvalue weighted by atomic mass is 9.82. The molecule has 0 radical (unpaired) electrons. The normalized spacial score (nSPS) is 13.9. The number of aryl methyl sites for hydroxylation is 13. The highest BCUT2D eigenvalue weighted by Crippen LogP contribution is 2.52. The molecule has 0 saturated carbocycles. The molecule has 0 amide bonds. The molecule has 3 aliphatic carbocycles. The van der Waals surface area contributed by atoms with Crippen molar-refractivity contribution in [2.24, 2.45) is 21.1 Å². The van der Waals surface area contributed by atoms with Crippen LogP contribution in [0.2, 0.25) is 0 Å². The van der Waals surface area contributed by atoms with Crippen molar-refractivity contribution in [3.05, 3.63) is 465 Å². The summed E-state index contributed by atoms with van der Waals surface area (Å²) in [5.41, 5.74) is 35.9. The molecule has 3 aromatic heterocycles. The summed E-state index contributed by atoms with van der Waals surface area (Å²) in [4.78, 5) is 0. The van der Waals surface area contributed by atoms with E-state index in [9.17, 15) is 0 Å². The van der Waals surface area contributed by atoms with Gasteiger partial charge in [-0.3, -0.25) is 0 Å². The van der Waals surface area contributed by atoms with E-state index in [1.54, 1.807) is 0 Å². The Morgan fingerprint density at radius 3 is 1.18 bits per heavy atom. The summed E-state index contributed by atoms with van der Waals surface area (Å²) in [6, 6.07) is 133. The first kappa shape index (κ1) is 82.7. The summed E-state index contributed by atoms with van der Waals surface area (Å²) in [7, 11) is 6.39. The van der Waals surface area contributed by atoms with Crippen LogP contribution in [0, 0.1) is 69.2 Å². The third-order valence-corrected chi connectivity index (χ3v) is 26.4. The summed E-state index contributed by atoms with van der Waals surface area (Å²) < 4.78 is 30.8.